The first kappa shape index (κ1) is 15.7. The molecule has 3 nitrogen and oxygen atoms in total. The third-order valence-corrected chi connectivity index (χ3v) is 4.66. The summed E-state index contributed by atoms with van der Waals surface area (Å²) in [5.74, 6) is 0.826. The van der Waals surface area contributed by atoms with Crippen LogP contribution in [-0.2, 0) is 0 Å². The minimum Gasteiger partial charge on any atom is -0.340 e. The quantitative estimate of drug-likeness (QED) is 0.503. The van der Waals surface area contributed by atoms with Crippen LogP contribution in [0.25, 0.3) is 22.5 Å². The summed E-state index contributed by atoms with van der Waals surface area (Å²) < 4.78 is 0. The summed E-state index contributed by atoms with van der Waals surface area (Å²) in [5, 5.41) is -0.136. The number of nitrogens with one attached hydrogen (secondary N) is 1. The van der Waals surface area contributed by atoms with Crippen molar-refractivity contribution in [3.05, 3.63) is 96.6 Å². The number of nitrogens with zero attached hydrogens (tertiary/aromatic N) is 2. The van der Waals surface area contributed by atoms with Gasteiger partial charge in [0.2, 0.25) is 0 Å². The van der Waals surface area contributed by atoms with Gasteiger partial charge in [0, 0.05) is 23.5 Å². The molecule has 25 heavy (non-hydrogen) atoms. The number of rotatable bonds is 4. The van der Waals surface area contributed by atoms with E-state index in [-0.39, 0.29) is 5.25 Å². The second-order valence-electron chi connectivity index (χ2n) is 5.76. The molecule has 1 unspecified atom stereocenters. The minimum absolute atomic E-state index is 0.136. The Morgan fingerprint density at radius 1 is 0.760 bits per heavy atom. The first-order valence-corrected chi connectivity index (χ1v) is 8.63. The van der Waals surface area contributed by atoms with E-state index in [2.05, 4.69) is 34.2 Å². The molecule has 1 atom stereocenters. The van der Waals surface area contributed by atoms with E-state index in [9.17, 15) is 0 Å². The van der Waals surface area contributed by atoms with Gasteiger partial charge in [-0.3, -0.25) is 4.98 Å². The maximum absolute atomic E-state index is 4.88. The predicted octanol–water partition coefficient (Wildman–Crippen LogP) is 5.16. The van der Waals surface area contributed by atoms with Crippen molar-refractivity contribution >= 4 is 12.6 Å². The molecule has 0 radical (unpaired) electrons. The highest BCUT2D eigenvalue weighted by Gasteiger charge is 2.19. The zero-order valence-electron chi connectivity index (χ0n) is 13.5. The van der Waals surface area contributed by atoms with Crippen molar-refractivity contribution in [2.75, 3.05) is 0 Å². The molecule has 0 bridgehead atoms. The monoisotopic (exact) mass is 343 g/mol. The zero-order valence-corrected chi connectivity index (χ0v) is 14.4. The van der Waals surface area contributed by atoms with E-state index in [1.165, 1.54) is 0 Å². The maximum atomic E-state index is 4.88. The average molecular weight is 343 g/mol. The molecule has 0 spiro atoms. The van der Waals surface area contributed by atoms with Crippen molar-refractivity contribution in [3.8, 4) is 22.5 Å². The van der Waals surface area contributed by atoms with Crippen LogP contribution in [0, 0.1) is 0 Å². The molecule has 0 saturated carbocycles. The molecule has 4 rings (SSSR count). The van der Waals surface area contributed by atoms with Gasteiger partial charge in [0.15, 0.2) is 0 Å². The summed E-state index contributed by atoms with van der Waals surface area (Å²) in [5.41, 5.74) is 5.20. The Balaban J connectivity index is 1.84. The molecule has 0 aliphatic rings. The van der Waals surface area contributed by atoms with Crippen molar-refractivity contribution in [2.24, 2.45) is 0 Å². The molecule has 0 aliphatic carbocycles. The lowest BCUT2D eigenvalue weighted by molar-refractivity contribution is 1.01. The van der Waals surface area contributed by atoms with Crippen LogP contribution in [0.15, 0.2) is 85.2 Å². The van der Waals surface area contributed by atoms with Crippen LogP contribution in [0.2, 0.25) is 0 Å². The van der Waals surface area contributed by atoms with Gasteiger partial charge in [0.1, 0.15) is 5.82 Å². The lowest BCUT2D eigenvalue weighted by Crippen LogP contribution is -1.96. The number of hydrogen-bond donors (Lipinski definition) is 2. The Morgan fingerprint density at radius 3 is 2.00 bits per heavy atom. The lowest BCUT2D eigenvalue weighted by Gasteiger charge is -2.07. The zero-order chi connectivity index (χ0) is 17.1. The second kappa shape index (κ2) is 6.95. The van der Waals surface area contributed by atoms with Crippen LogP contribution in [0.4, 0.5) is 0 Å². The molecular formula is C21H17N3S. The Hall–Kier alpha value is -2.85. The highest BCUT2D eigenvalue weighted by atomic mass is 32.1. The smallest absolute Gasteiger partial charge is 0.124 e. The molecule has 0 aliphatic heterocycles. The Morgan fingerprint density at radius 2 is 1.36 bits per heavy atom. The molecule has 122 valence electrons. The van der Waals surface area contributed by atoms with Gasteiger partial charge < -0.3 is 4.98 Å². The third kappa shape index (κ3) is 3.21. The molecule has 1 N–H and O–H groups in total. The summed E-state index contributed by atoms with van der Waals surface area (Å²) in [6.07, 6.45) is 3.55. The van der Waals surface area contributed by atoms with Gasteiger partial charge in [-0.05, 0) is 17.7 Å². The SMILES string of the molecule is SC(c1ccncc1)c1nc(-c2ccccc2)c(-c2ccccc2)[nH]1. The fourth-order valence-electron chi connectivity index (χ4n) is 2.84. The van der Waals surface area contributed by atoms with Crippen LogP contribution < -0.4 is 0 Å². The van der Waals surface area contributed by atoms with E-state index < -0.39 is 0 Å². The van der Waals surface area contributed by atoms with Crippen molar-refractivity contribution in [3.63, 3.8) is 0 Å². The molecule has 0 saturated heterocycles. The first-order valence-electron chi connectivity index (χ1n) is 8.11. The van der Waals surface area contributed by atoms with Gasteiger partial charge in [0.25, 0.3) is 0 Å². The molecule has 4 heteroatoms. The summed E-state index contributed by atoms with van der Waals surface area (Å²) in [7, 11) is 0. The minimum atomic E-state index is -0.136. The lowest BCUT2D eigenvalue weighted by atomic mass is 10.1. The van der Waals surface area contributed by atoms with Gasteiger partial charge in [-0.1, -0.05) is 60.7 Å². The summed E-state index contributed by atoms with van der Waals surface area (Å²) >= 11 is 4.77. The number of thiol groups is 1. The van der Waals surface area contributed by atoms with E-state index in [0.29, 0.717) is 0 Å². The number of aromatic nitrogens is 3. The third-order valence-electron chi connectivity index (χ3n) is 4.11. The highest BCUT2D eigenvalue weighted by molar-refractivity contribution is 7.80. The van der Waals surface area contributed by atoms with Crippen LogP contribution in [0.3, 0.4) is 0 Å². The van der Waals surface area contributed by atoms with E-state index in [1.807, 2.05) is 48.5 Å². The van der Waals surface area contributed by atoms with E-state index in [1.54, 1.807) is 12.4 Å². The summed E-state index contributed by atoms with van der Waals surface area (Å²) in [6.45, 7) is 0. The fourth-order valence-corrected chi connectivity index (χ4v) is 3.14. The largest absolute Gasteiger partial charge is 0.340 e. The number of benzene rings is 2. The van der Waals surface area contributed by atoms with Crippen molar-refractivity contribution in [1.29, 1.82) is 0 Å². The Kier molecular flexibility index (Phi) is 4.36. The van der Waals surface area contributed by atoms with Crippen LogP contribution >= 0.6 is 12.6 Å². The van der Waals surface area contributed by atoms with Crippen molar-refractivity contribution < 1.29 is 0 Å². The van der Waals surface area contributed by atoms with E-state index in [0.717, 1.165) is 33.9 Å². The maximum Gasteiger partial charge on any atom is 0.124 e. The van der Waals surface area contributed by atoms with Gasteiger partial charge in [-0.25, -0.2) is 4.98 Å². The number of pyridine rings is 1. The number of imidazole rings is 1. The van der Waals surface area contributed by atoms with Gasteiger partial charge in [-0.15, -0.1) is 0 Å². The number of hydrogen-bond acceptors (Lipinski definition) is 3. The van der Waals surface area contributed by atoms with Gasteiger partial charge in [-0.2, -0.15) is 12.6 Å². The molecular weight excluding hydrogens is 326 g/mol. The van der Waals surface area contributed by atoms with Crippen molar-refractivity contribution in [2.45, 2.75) is 5.25 Å². The molecule has 4 aromatic rings. The topological polar surface area (TPSA) is 41.6 Å². The molecule has 2 aromatic heterocycles. The molecule has 0 amide bonds. The standard InChI is InChI=1S/C21H17N3S/c25-20(17-11-13-22-14-12-17)21-23-18(15-7-3-1-4-8-15)19(24-21)16-9-5-2-6-10-16/h1-14,20,25H,(H,23,24). The Labute approximate surface area is 152 Å². The van der Waals surface area contributed by atoms with E-state index in [4.69, 9.17) is 17.6 Å². The van der Waals surface area contributed by atoms with E-state index >= 15 is 0 Å². The molecule has 2 aromatic carbocycles. The number of H-pyrrole nitrogens is 1. The summed E-state index contributed by atoms with van der Waals surface area (Å²) in [4.78, 5) is 12.4. The average Bonchev–Trinajstić information content (AvgIpc) is 3.15. The second-order valence-corrected chi connectivity index (χ2v) is 6.28. The predicted molar refractivity (Wildman–Crippen MR) is 105 cm³/mol. The summed E-state index contributed by atoms with van der Waals surface area (Å²) in [6, 6.07) is 24.4. The van der Waals surface area contributed by atoms with Crippen LogP contribution in [-0.4, -0.2) is 15.0 Å². The van der Waals surface area contributed by atoms with Crippen molar-refractivity contribution in [1.82, 2.24) is 15.0 Å². The first-order chi connectivity index (χ1) is 12.3. The fraction of sp³-hybridized carbons (Fsp3) is 0.0476. The van der Waals surface area contributed by atoms with Gasteiger partial charge >= 0.3 is 0 Å². The normalized spacial score (nSPS) is 12.0. The Bertz CT molecular complexity index is 893. The van der Waals surface area contributed by atoms with Crippen LogP contribution in [0.1, 0.15) is 16.6 Å². The van der Waals surface area contributed by atoms with Crippen LogP contribution in [0.5, 0.6) is 0 Å². The molecule has 0 fully saturated rings. The van der Waals surface area contributed by atoms with Gasteiger partial charge in [0.05, 0.1) is 16.6 Å². The molecule has 2 heterocycles. The number of aromatic amines is 1. The highest BCUT2D eigenvalue weighted by Crippen LogP contribution is 2.34.